The number of hydrogen-bond donors (Lipinski definition) is 2. The lowest BCUT2D eigenvalue weighted by Crippen LogP contribution is -2.18. The van der Waals surface area contributed by atoms with Crippen molar-refractivity contribution in [3.8, 4) is 0 Å². The molecule has 4 atom stereocenters. The number of thiophene rings is 1. The van der Waals surface area contributed by atoms with E-state index in [-0.39, 0.29) is 17.2 Å². The summed E-state index contributed by atoms with van der Waals surface area (Å²) < 4.78 is 0. The van der Waals surface area contributed by atoms with Crippen LogP contribution in [0.3, 0.4) is 0 Å². The standard InChI is InChI=1S/C20H20Cl3NO3S/c21-15-10-16(25)14(6-4-11-8-18(22)24-19(23)9-11)13(15)3-1-2-12-5-7-17(28-12)20(26)27/h4-9,13-16,25H,1-3,10H2,(H,26,27)/b6-4+/t13?,14-,15-,16?/m1/s1. The van der Waals surface area contributed by atoms with E-state index >= 15 is 0 Å². The second-order valence-corrected chi connectivity index (χ2v) is 9.43. The van der Waals surface area contributed by atoms with Crippen LogP contribution in [0.25, 0.3) is 6.08 Å². The van der Waals surface area contributed by atoms with Crippen LogP contribution in [0.15, 0.2) is 30.3 Å². The number of rotatable bonds is 7. The third-order valence-corrected chi connectivity index (χ3v) is 7.02. The van der Waals surface area contributed by atoms with Crippen molar-refractivity contribution in [3.05, 3.63) is 56.0 Å². The third kappa shape index (κ3) is 5.49. The number of pyridine rings is 1. The van der Waals surface area contributed by atoms with E-state index in [0.29, 0.717) is 21.6 Å². The summed E-state index contributed by atoms with van der Waals surface area (Å²) in [5.41, 5.74) is 0.828. The fourth-order valence-electron chi connectivity index (χ4n) is 3.67. The first-order valence-electron chi connectivity index (χ1n) is 8.99. The minimum Gasteiger partial charge on any atom is -0.477 e. The molecule has 28 heavy (non-hydrogen) atoms. The maximum absolute atomic E-state index is 11.0. The number of aromatic carboxylic acids is 1. The van der Waals surface area contributed by atoms with Gasteiger partial charge >= 0.3 is 5.97 Å². The van der Waals surface area contributed by atoms with Crippen molar-refractivity contribution in [2.75, 3.05) is 0 Å². The SMILES string of the molecule is O=C(O)c1ccc(CCCC2[C@@H](/C=C/c3cc(Cl)nc(Cl)c3)C(O)C[C@H]2Cl)s1. The topological polar surface area (TPSA) is 70.4 Å². The molecule has 0 radical (unpaired) electrons. The van der Waals surface area contributed by atoms with E-state index in [0.717, 1.165) is 29.7 Å². The zero-order chi connectivity index (χ0) is 20.3. The number of alkyl halides is 1. The van der Waals surface area contributed by atoms with Crippen LogP contribution >= 0.6 is 46.1 Å². The van der Waals surface area contributed by atoms with Crippen LogP contribution in [0.4, 0.5) is 0 Å². The van der Waals surface area contributed by atoms with E-state index in [1.807, 2.05) is 18.2 Å². The summed E-state index contributed by atoms with van der Waals surface area (Å²) in [6.45, 7) is 0. The van der Waals surface area contributed by atoms with Crippen molar-refractivity contribution in [2.45, 2.75) is 37.2 Å². The molecule has 1 saturated carbocycles. The highest BCUT2D eigenvalue weighted by atomic mass is 35.5. The van der Waals surface area contributed by atoms with Gasteiger partial charge in [-0.25, -0.2) is 9.78 Å². The van der Waals surface area contributed by atoms with E-state index < -0.39 is 12.1 Å². The Hall–Kier alpha value is -1.11. The van der Waals surface area contributed by atoms with Crippen LogP contribution in [-0.4, -0.2) is 32.6 Å². The monoisotopic (exact) mass is 459 g/mol. The van der Waals surface area contributed by atoms with Gasteiger partial charge in [-0.1, -0.05) is 35.4 Å². The molecule has 2 N–H and O–H groups in total. The highest BCUT2D eigenvalue weighted by Gasteiger charge is 2.39. The van der Waals surface area contributed by atoms with Gasteiger partial charge in [0.25, 0.3) is 0 Å². The number of aliphatic hydroxyl groups excluding tert-OH is 1. The van der Waals surface area contributed by atoms with Crippen LogP contribution in [0.1, 0.15) is 39.4 Å². The van der Waals surface area contributed by atoms with Gasteiger partial charge in [-0.2, -0.15) is 0 Å². The molecular weight excluding hydrogens is 441 g/mol. The molecule has 1 aliphatic carbocycles. The van der Waals surface area contributed by atoms with Gasteiger partial charge in [0, 0.05) is 16.2 Å². The molecule has 4 nitrogen and oxygen atoms in total. The second kappa shape index (κ2) is 9.59. The van der Waals surface area contributed by atoms with Crippen LogP contribution in [0.2, 0.25) is 10.3 Å². The Bertz CT molecular complexity index is 850. The first-order valence-corrected chi connectivity index (χ1v) is 11.0. The average molecular weight is 461 g/mol. The average Bonchev–Trinajstić information content (AvgIpc) is 3.18. The van der Waals surface area contributed by atoms with Crippen LogP contribution in [-0.2, 0) is 6.42 Å². The zero-order valence-electron chi connectivity index (χ0n) is 14.9. The summed E-state index contributed by atoms with van der Waals surface area (Å²) >= 11 is 19.7. The van der Waals surface area contributed by atoms with Crippen LogP contribution in [0.5, 0.6) is 0 Å². The maximum atomic E-state index is 11.0. The first-order chi connectivity index (χ1) is 13.3. The summed E-state index contributed by atoms with van der Waals surface area (Å²) in [6.07, 6.45) is 6.50. The molecular formula is C20H20Cl3NO3S. The number of aryl methyl sites for hydroxylation is 1. The molecule has 2 aromatic heterocycles. The molecule has 0 saturated heterocycles. The Kier molecular flexibility index (Phi) is 7.40. The molecule has 8 heteroatoms. The number of carbonyl (C=O) groups is 1. The Balaban J connectivity index is 1.62. The number of aliphatic hydroxyl groups is 1. The smallest absolute Gasteiger partial charge is 0.345 e. The van der Waals surface area contributed by atoms with Gasteiger partial charge < -0.3 is 10.2 Å². The highest BCUT2D eigenvalue weighted by molar-refractivity contribution is 7.13. The number of halogens is 3. The summed E-state index contributed by atoms with van der Waals surface area (Å²) in [7, 11) is 0. The van der Waals surface area contributed by atoms with E-state index in [1.54, 1.807) is 18.2 Å². The van der Waals surface area contributed by atoms with Gasteiger partial charge in [0.1, 0.15) is 15.2 Å². The van der Waals surface area contributed by atoms with Crippen molar-refractivity contribution >= 4 is 58.2 Å². The number of nitrogens with zero attached hydrogens (tertiary/aromatic N) is 1. The van der Waals surface area contributed by atoms with Crippen molar-refractivity contribution in [2.24, 2.45) is 11.8 Å². The van der Waals surface area contributed by atoms with Crippen LogP contribution in [0, 0.1) is 11.8 Å². The van der Waals surface area contributed by atoms with Crippen molar-refractivity contribution in [1.82, 2.24) is 4.98 Å². The molecule has 2 unspecified atom stereocenters. The Labute approximate surface area is 182 Å². The molecule has 1 aliphatic rings. The van der Waals surface area contributed by atoms with Gasteiger partial charge in [-0.3, -0.25) is 0 Å². The molecule has 0 spiro atoms. The molecule has 2 heterocycles. The molecule has 3 rings (SSSR count). The summed E-state index contributed by atoms with van der Waals surface area (Å²) in [5.74, 6) is -0.789. The Morgan fingerprint density at radius 2 is 2.00 bits per heavy atom. The summed E-state index contributed by atoms with van der Waals surface area (Å²) in [4.78, 5) is 16.3. The number of carboxylic acid groups (broad SMARTS) is 1. The number of hydrogen-bond acceptors (Lipinski definition) is 4. The van der Waals surface area contributed by atoms with Crippen molar-refractivity contribution in [3.63, 3.8) is 0 Å². The van der Waals surface area contributed by atoms with E-state index in [9.17, 15) is 9.90 Å². The zero-order valence-corrected chi connectivity index (χ0v) is 18.0. The first kappa shape index (κ1) is 21.6. The molecule has 150 valence electrons. The van der Waals surface area contributed by atoms with Crippen molar-refractivity contribution in [1.29, 1.82) is 0 Å². The fraction of sp³-hybridized carbons (Fsp3) is 0.400. The van der Waals surface area contributed by atoms with Crippen LogP contribution < -0.4 is 0 Å². The molecule has 1 fully saturated rings. The van der Waals surface area contributed by atoms with Gasteiger partial charge in [0.2, 0.25) is 0 Å². The highest BCUT2D eigenvalue weighted by Crippen LogP contribution is 2.40. The second-order valence-electron chi connectivity index (χ2n) is 6.93. The fourth-order valence-corrected chi connectivity index (χ4v) is 5.52. The molecule has 0 bridgehead atoms. The largest absolute Gasteiger partial charge is 0.477 e. The number of aromatic nitrogens is 1. The van der Waals surface area contributed by atoms with Gasteiger partial charge in [0.05, 0.1) is 6.10 Å². The summed E-state index contributed by atoms with van der Waals surface area (Å²) in [6, 6.07) is 6.94. The van der Waals surface area contributed by atoms with E-state index in [2.05, 4.69) is 4.98 Å². The molecule has 0 amide bonds. The maximum Gasteiger partial charge on any atom is 0.345 e. The minimum atomic E-state index is -0.891. The third-order valence-electron chi connectivity index (χ3n) is 5.00. The lowest BCUT2D eigenvalue weighted by molar-refractivity contribution is 0.0702. The predicted molar refractivity (Wildman–Crippen MR) is 115 cm³/mol. The quantitative estimate of drug-likeness (QED) is 0.405. The predicted octanol–water partition coefficient (Wildman–Crippen LogP) is 5.79. The van der Waals surface area contributed by atoms with Gasteiger partial charge in [0.15, 0.2) is 0 Å². The molecule has 2 aromatic rings. The van der Waals surface area contributed by atoms with Gasteiger partial charge in [-0.15, -0.1) is 22.9 Å². The van der Waals surface area contributed by atoms with E-state index in [4.69, 9.17) is 39.9 Å². The Morgan fingerprint density at radius 1 is 1.29 bits per heavy atom. The van der Waals surface area contributed by atoms with Crippen molar-refractivity contribution < 1.29 is 15.0 Å². The molecule has 0 aromatic carbocycles. The number of carboxylic acids is 1. The normalized spacial score (nSPS) is 24.9. The lowest BCUT2D eigenvalue weighted by atomic mass is 9.89. The van der Waals surface area contributed by atoms with E-state index in [1.165, 1.54) is 11.3 Å². The van der Waals surface area contributed by atoms with Gasteiger partial charge in [-0.05, 0) is 61.4 Å². The Morgan fingerprint density at radius 3 is 2.64 bits per heavy atom. The summed E-state index contributed by atoms with van der Waals surface area (Å²) in [5, 5.41) is 20.0. The molecule has 0 aliphatic heterocycles. The minimum absolute atomic E-state index is 0.0499. The lowest BCUT2D eigenvalue weighted by Gasteiger charge is -2.20.